The summed E-state index contributed by atoms with van der Waals surface area (Å²) in [7, 11) is 0. The first kappa shape index (κ1) is 19.7. The molecule has 1 aromatic heterocycles. The molecule has 1 amide bonds. The molecule has 1 aromatic carbocycles. The van der Waals surface area contributed by atoms with Crippen LogP contribution in [0.4, 0.5) is 5.82 Å². The van der Waals surface area contributed by atoms with Crippen molar-refractivity contribution in [1.29, 1.82) is 0 Å². The number of nitrogens with two attached hydrogens (primary N) is 1. The fourth-order valence-electron chi connectivity index (χ4n) is 2.05. The molecule has 0 bridgehead atoms. The van der Waals surface area contributed by atoms with Gasteiger partial charge in [0, 0.05) is 6.54 Å². The third kappa shape index (κ3) is 5.17. The molecule has 0 aliphatic rings. The van der Waals surface area contributed by atoms with Gasteiger partial charge >= 0.3 is 0 Å². The lowest BCUT2D eigenvalue weighted by atomic mass is 10.2. The molecule has 0 radical (unpaired) electrons. The number of aromatic nitrogens is 2. The summed E-state index contributed by atoms with van der Waals surface area (Å²) in [4.78, 5) is 21.4. The topological polar surface area (TPSA) is 152 Å². The molecular formula is C16H22N4O6. The van der Waals surface area contributed by atoms with Crippen LogP contribution in [0.2, 0.25) is 0 Å². The first-order valence-electron chi connectivity index (χ1n) is 7.89. The van der Waals surface area contributed by atoms with E-state index in [1.54, 1.807) is 0 Å². The zero-order valence-corrected chi connectivity index (χ0v) is 14.0. The van der Waals surface area contributed by atoms with Gasteiger partial charge in [0.2, 0.25) is 6.29 Å². The van der Waals surface area contributed by atoms with E-state index in [2.05, 4.69) is 10.3 Å². The largest absolute Gasteiger partial charge is 0.394 e. The Morgan fingerprint density at radius 3 is 2.50 bits per heavy atom. The Morgan fingerprint density at radius 2 is 1.88 bits per heavy atom. The second kappa shape index (κ2) is 9.73. The fourth-order valence-corrected chi connectivity index (χ4v) is 2.05. The van der Waals surface area contributed by atoms with Crippen LogP contribution in [0.1, 0.15) is 16.1 Å². The Kier molecular flexibility index (Phi) is 7.36. The lowest BCUT2D eigenvalue weighted by Gasteiger charge is -2.21. The number of rotatable bonds is 10. The smallest absolute Gasteiger partial charge is 0.274 e. The van der Waals surface area contributed by atoms with E-state index in [0.717, 1.165) is 16.6 Å². The van der Waals surface area contributed by atoms with E-state index in [0.29, 0.717) is 6.54 Å². The van der Waals surface area contributed by atoms with Crippen molar-refractivity contribution in [2.75, 3.05) is 25.6 Å². The zero-order chi connectivity index (χ0) is 18.9. The minimum atomic E-state index is -1.21. The number of hydrogen-bond acceptors (Lipinski definition) is 8. The molecule has 10 nitrogen and oxygen atoms in total. The summed E-state index contributed by atoms with van der Waals surface area (Å²) in [6, 6.07) is 9.33. The number of aliphatic hydroxyl groups is 3. The van der Waals surface area contributed by atoms with Crippen molar-refractivity contribution < 1.29 is 29.7 Å². The van der Waals surface area contributed by atoms with Gasteiger partial charge in [-0.25, -0.2) is 4.98 Å². The summed E-state index contributed by atoms with van der Waals surface area (Å²) < 4.78 is 6.13. The van der Waals surface area contributed by atoms with Crippen molar-refractivity contribution in [3.05, 3.63) is 47.9 Å². The number of benzene rings is 1. The van der Waals surface area contributed by atoms with Gasteiger partial charge < -0.3 is 35.9 Å². The SMILES string of the molecule is Nc1c(C(=O)NCc2ccccc2)ncn1OC(CO)OC(CO)CO. The quantitative estimate of drug-likeness (QED) is 0.319. The highest BCUT2D eigenvalue weighted by Gasteiger charge is 2.21. The first-order valence-corrected chi connectivity index (χ1v) is 7.89. The predicted octanol–water partition coefficient (Wildman–Crippen LogP) is -1.49. The number of nitrogen functional groups attached to an aromatic ring is 1. The Bertz CT molecular complexity index is 689. The second-order valence-corrected chi connectivity index (χ2v) is 5.31. The van der Waals surface area contributed by atoms with Crippen molar-refractivity contribution in [1.82, 2.24) is 15.0 Å². The molecule has 2 rings (SSSR count). The van der Waals surface area contributed by atoms with E-state index in [9.17, 15) is 9.90 Å². The van der Waals surface area contributed by atoms with Crippen molar-refractivity contribution in [3.63, 3.8) is 0 Å². The van der Waals surface area contributed by atoms with Gasteiger partial charge in [-0.2, -0.15) is 4.73 Å². The Hall–Kier alpha value is -2.66. The molecule has 0 spiro atoms. The molecular weight excluding hydrogens is 344 g/mol. The molecule has 1 heterocycles. The predicted molar refractivity (Wildman–Crippen MR) is 90.8 cm³/mol. The summed E-state index contributed by atoms with van der Waals surface area (Å²) in [5, 5.41) is 30.0. The molecule has 0 saturated carbocycles. The van der Waals surface area contributed by atoms with E-state index >= 15 is 0 Å². The van der Waals surface area contributed by atoms with Crippen molar-refractivity contribution in [3.8, 4) is 0 Å². The number of carbonyl (C=O) groups is 1. The van der Waals surface area contributed by atoms with Crippen LogP contribution in [0, 0.1) is 0 Å². The van der Waals surface area contributed by atoms with Gasteiger partial charge in [0.25, 0.3) is 5.91 Å². The van der Waals surface area contributed by atoms with Gasteiger partial charge in [-0.05, 0) is 5.56 Å². The summed E-state index contributed by atoms with van der Waals surface area (Å²) in [6.07, 6.45) is -0.979. The minimum Gasteiger partial charge on any atom is -0.394 e. The Labute approximate surface area is 149 Å². The van der Waals surface area contributed by atoms with E-state index in [1.807, 2.05) is 30.3 Å². The Morgan fingerprint density at radius 1 is 1.19 bits per heavy atom. The molecule has 0 fully saturated rings. The molecule has 10 heteroatoms. The Balaban J connectivity index is 1.98. The molecule has 1 atom stereocenters. The average Bonchev–Trinajstić information content (AvgIpc) is 3.04. The van der Waals surface area contributed by atoms with E-state index in [4.69, 9.17) is 25.5 Å². The van der Waals surface area contributed by atoms with Crippen LogP contribution < -0.4 is 15.9 Å². The standard InChI is InChI=1S/C16H22N4O6/c17-15-14(16(24)18-6-11-4-2-1-3-5-11)19-10-20(15)26-13(9-23)25-12(7-21)8-22/h1-5,10,12-13,21-23H,6-9,17H2,(H,18,24). The van der Waals surface area contributed by atoms with Crippen molar-refractivity contribution in [2.24, 2.45) is 0 Å². The number of imidazole rings is 1. The lowest BCUT2D eigenvalue weighted by molar-refractivity contribution is -0.201. The highest BCUT2D eigenvalue weighted by atomic mass is 16.8. The number of nitrogens with one attached hydrogen (secondary N) is 1. The maximum Gasteiger partial charge on any atom is 0.274 e. The van der Waals surface area contributed by atoms with E-state index in [1.165, 1.54) is 0 Å². The average molecular weight is 366 g/mol. The van der Waals surface area contributed by atoms with Gasteiger partial charge in [-0.15, -0.1) is 0 Å². The van der Waals surface area contributed by atoms with Crippen LogP contribution in [-0.4, -0.2) is 63.2 Å². The van der Waals surface area contributed by atoms with E-state index in [-0.39, 0.29) is 11.5 Å². The molecule has 0 saturated heterocycles. The number of hydrogen-bond donors (Lipinski definition) is 5. The molecule has 142 valence electrons. The third-order valence-corrected chi connectivity index (χ3v) is 3.41. The summed E-state index contributed by atoms with van der Waals surface area (Å²) in [6.45, 7) is -1.17. The van der Waals surface area contributed by atoms with Gasteiger partial charge in [0.05, 0.1) is 13.2 Å². The minimum absolute atomic E-state index is 0.0431. The van der Waals surface area contributed by atoms with E-state index < -0.39 is 38.1 Å². The highest BCUT2D eigenvalue weighted by molar-refractivity contribution is 5.96. The molecule has 0 aliphatic heterocycles. The maximum absolute atomic E-state index is 12.2. The van der Waals surface area contributed by atoms with Gasteiger partial charge in [-0.3, -0.25) is 4.79 Å². The fraction of sp³-hybridized carbons (Fsp3) is 0.375. The van der Waals surface area contributed by atoms with Crippen LogP contribution >= 0.6 is 0 Å². The van der Waals surface area contributed by atoms with Gasteiger partial charge in [-0.1, -0.05) is 30.3 Å². The van der Waals surface area contributed by atoms with Crippen LogP contribution in [-0.2, 0) is 11.3 Å². The zero-order valence-electron chi connectivity index (χ0n) is 14.0. The van der Waals surface area contributed by atoms with Crippen molar-refractivity contribution >= 4 is 11.7 Å². The second-order valence-electron chi connectivity index (χ2n) is 5.31. The molecule has 1 unspecified atom stereocenters. The number of aliphatic hydroxyl groups excluding tert-OH is 3. The number of carbonyl (C=O) groups excluding carboxylic acids is 1. The summed E-state index contributed by atoms with van der Waals surface area (Å²) in [5.74, 6) is -0.569. The summed E-state index contributed by atoms with van der Waals surface area (Å²) in [5.41, 5.74) is 6.73. The first-order chi connectivity index (χ1) is 12.6. The van der Waals surface area contributed by atoms with Gasteiger partial charge in [0.1, 0.15) is 19.0 Å². The summed E-state index contributed by atoms with van der Waals surface area (Å²) >= 11 is 0. The molecule has 6 N–H and O–H groups in total. The van der Waals surface area contributed by atoms with Crippen molar-refractivity contribution in [2.45, 2.75) is 18.9 Å². The number of nitrogens with zero attached hydrogens (tertiary/aromatic N) is 2. The van der Waals surface area contributed by atoms with Crippen LogP contribution in [0.15, 0.2) is 36.7 Å². The van der Waals surface area contributed by atoms with Crippen LogP contribution in [0.25, 0.3) is 0 Å². The molecule has 2 aromatic rings. The third-order valence-electron chi connectivity index (χ3n) is 3.41. The monoisotopic (exact) mass is 366 g/mol. The maximum atomic E-state index is 12.2. The number of anilines is 1. The lowest BCUT2D eigenvalue weighted by Crippen LogP contribution is -2.37. The highest BCUT2D eigenvalue weighted by Crippen LogP contribution is 2.10. The molecule has 0 aliphatic carbocycles. The van der Waals surface area contributed by atoms with Crippen LogP contribution in [0.5, 0.6) is 0 Å². The number of amides is 1. The molecule has 26 heavy (non-hydrogen) atoms. The normalized spacial score (nSPS) is 12.2. The number of ether oxygens (including phenoxy) is 1. The van der Waals surface area contributed by atoms with Crippen LogP contribution in [0.3, 0.4) is 0 Å². The van der Waals surface area contributed by atoms with Gasteiger partial charge in [0.15, 0.2) is 11.5 Å².